The molecule has 1 saturated carbocycles. The highest BCUT2D eigenvalue weighted by atomic mass is 16.5. The SMILES string of the molecule is COc1ccc(-c2cc(C(=O)NC3CC3)c3cc(C(C)C)ccc3n2)cc1. The quantitative estimate of drug-likeness (QED) is 0.702. The molecule has 0 bridgehead atoms. The Bertz CT molecular complexity index is 989. The molecule has 2 aromatic carbocycles. The summed E-state index contributed by atoms with van der Waals surface area (Å²) in [4.78, 5) is 17.7. The zero-order valence-corrected chi connectivity index (χ0v) is 16.0. The first kappa shape index (κ1) is 17.5. The normalized spacial score (nSPS) is 13.8. The van der Waals surface area contributed by atoms with Crippen molar-refractivity contribution < 1.29 is 9.53 Å². The van der Waals surface area contributed by atoms with Crippen LogP contribution in [0.5, 0.6) is 5.75 Å². The summed E-state index contributed by atoms with van der Waals surface area (Å²) in [7, 11) is 1.65. The molecule has 1 aliphatic rings. The van der Waals surface area contributed by atoms with Gasteiger partial charge in [-0.1, -0.05) is 19.9 Å². The van der Waals surface area contributed by atoms with Crippen molar-refractivity contribution in [2.24, 2.45) is 0 Å². The molecule has 3 aromatic rings. The second-order valence-electron chi connectivity index (χ2n) is 7.46. The van der Waals surface area contributed by atoms with E-state index in [-0.39, 0.29) is 5.91 Å². The average molecular weight is 360 g/mol. The molecule has 1 aromatic heterocycles. The van der Waals surface area contributed by atoms with Crippen LogP contribution in [-0.2, 0) is 0 Å². The molecule has 4 heteroatoms. The lowest BCUT2D eigenvalue weighted by molar-refractivity contribution is 0.0952. The first-order chi connectivity index (χ1) is 13.0. The Morgan fingerprint density at radius 2 is 1.85 bits per heavy atom. The summed E-state index contributed by atoms with van der Waals surface area (Å²) in [5.74, 6) is 1.18. The molecule has 0 radical (unpaired) electrons. The molecule has 4 nitrogen and oxygen atoms in total. The van der Waals surface area contributed by atoms with Crippen molar-refractivity contribution >= 4 is 16.8 Å². The number of methoxy groups -OCH3 is 1. The maximum absolute atomic E-state index is 12.9. The van der Waals surface area contributed by atoms with Crippen molar-refractivity contribution in [3.05, 3.63) is 59.7 Å². The van der Waals surface area contributed by atoms with E-state index in [9.17, 15) is 4.79 Å². The minimum absolute atomic E-state index is 0.0134. The number of nitrogens with zero attached hydrogens (tertiary/aromatic N) is 1. The fraction of sp³-hybridized carbons (Fsp3) is 0.304. The van der Waals surface area contributed by atoms with Crippen molar-refractivity contribution in [2.45, 2.75) is 38.6 Å². The highest BCUT2D eigenvalue weighted by molar-refractivity contribution is 6.07. The molecule has 1 aliphatic carbocycles. The molecule has 0 unspecified atom stereocenters. The highest BCUT2D eigenvalue weighted by Gasteiger charge is 2.25. The minimum Gasteiger partial charge on any atom is -0.497 e. The predicted molar refractivity (Wildman–Crippen MR) is 108 cm³/mol. The number of hydrogen-bond donors (Lipinski definition) is 1. The zero-order chi connectivity index (χ0) is 19.0. The van der Waals surface area contributed by atoms with Crippen LogP contribution >= 0.6 is 0 Å². The van der Waals surface area contributed by atoms with Gasteiger partial charge in [-0.3, -0.25) is 4.79 Å². The van der Waals surface area contributed by atoms with Crippen LogP contribution in [-0.4, -0.2) is 24.0 Å². The maximum atomic E-state index is 12.9. The number of aromatic nitrogens is 1. The lowest BCUT2D eigenvalue weighted by Crippen LogP contribution is -2.25. The number of nitrogens with one attached hydrogen (secondary N) is 1. The third-order valence-electron chi connectivity index (χ3n) is 5.04. The summed E-state index contributed by atoms with van der Waals surface area (Å²) < 4.78 is 5.24. The van der Waals surface area contributed by atoms with E-state index < -0.39 is 0 Å². The molecule has 138 valence electrons. The Morgan fingerprint density at radius 3 is 2.48 bits per heavy atom. The lowest BCUT2D eigenvalue weighted by Gasteiger charge is -2.13. The summed E-state index contributed by atoms with van der Waals surface area (Å²) in [5.41, 5.74) is 4.50. The third kappa shape index (κ3) is 3.65. The smallest absolute Gasteiger partial charge is 0.252 e. The zero-order valence-electron chi connectivity index (χ0n) is 16.0. The van der Waals surface area contributed by atoms with Crippen molar-refractivity contribution in [3.63, 3.8) is 0 Å². The molecular weight excluding hydrogens is 336 g/mol. The maximum Gasteiger partial charge on any atom is 0.252 e. The van der Waals surface area contributed by atoms with Gasteiger partial charge in [0.25, 0.3) is 5.91 Å². The van der Waals surface area contributed by atoms with Gasteiger partial charge in [-0.15, -0.1) is 0 Å². The van der Waals surface area contributed by atoms with Crippen LogP contribution in [0.4, 0.5) is 0 Å². The fourth-order valence-corrected chi connectivity index (χ4v) is 3.19. The van der Waals surface area contributed by atoms with E-state index in [0.29, 0.717) is 17.5 Å². The number of hydrogen-bond acceptors (Lipinski definition) is 3. The number of fused-ring (bicyclic) bond motifs is 1. The van der Waals surface area contributed by atoms with Crippen molar-refractivity contribution in [2.75, 3.05) is 7.11 Å². The monoisotopic (exact) mass is 360 g/mol. The van der Waals surface area contributed by atoms with Crippen LogP contribution in [0.15, 0.2) is 48.5 Å². The van der Waals surface area contributed by atoms with Gasteiger partial charge in [0, 0.05) is 17.0 Å². The van der Waals surface area contributed by atoms with Crippen LogP contribution in [0.1, 0.15) is 48.5 Å². The number of carbonyl (C=O) groups excluding carboxylic acids is 1. The fourth-order valence-electron chi connectivity index (χ4n) is 3.19. The molecule has 4 rings (SSSR count). The molecule has 0 spiro atoms. The van der Waals surface area contributed by atoms with E-state index in [1.807, 2.05) is 36.4 Å². The first-order valence-electron chi connectivity index (χ1n) is 9.45. The van der Waals surface area contributed by atoms with Crippen molar-refractivity contribution in [1.29, 1.82) is 0 Å². The number of rotatable bonds is 5. The number of benzene rings is 2. The van der Waals surface area contributed by atoms with E-state index in [0.717, 1.165) is 40.8 Å². The van der Waals surface area contributed by atoms with E-state index in [2.05, 4.69) is 31.3 Å². The highest BCUT2D eigenvalue weighted by Crippen LogP contribution is 2.29. The summed E-state index contributed by atoms with van der Waals surface area (Å²) in [6.45, 7) is 4.31. The molecule has 1 fully saturated rings. The van der Waals surface area contributed by atoms with Crippen LogP contribution in [0.3, 0.4) is 0 Å². The molecule has 1 amide bonds. The van der Waals surface area contributed by atoms with Crippen LogP contribution in [0.2, 0.25) is 0 Å². The van der Waals surface area contributed by atoms with Crippen LogP contribution < -0.4 is 10.1 Å². The summed E-state index contributed by atoms with van der Waals surface area (Å²) in [6.07, 6.45) is 2.13. The van der Waals surface area contributed by atoms with Gasteiger partial charge < -0.3 is 10.1 Å². The Hall–Kier alpha value is -2.88. The molecule has 1 N–H and O–H groups in total. The molecule has 0 atom stereocenters. The molecule has 0 saturated heterocycles. The van der Waals surface area contributed by atoms with Gasteiger partial charge >= 0.3 is 0 Å². The lowest BCUT2D eigenvalue weighted by atomic mass is 9.97. The number of ether oxygens (including phenoxy) is 1. The standard InChI is InChI=1S/C23H24N2O2/c1-14(2)16-6-11-21-19(12-16)20(23(26)24-17-7-8-17)13-22(25-21)15-4-9-18(27-3)10-5-15/h4-6,9-14,17H,7-8H2,1-3H3,(H,24,26). The Morgan fingerprint density at radius 1 is 1.11 bits per heavy atom. The van der Waals surface area contributed by atoms with Gasteiger partial charge in [-0.05, 0) is 66.8 Å². The number of amides is 1. The minimum atomic E-state index is -0.0134. The second-order valence-corrected chi connectivity index (χ2v) is 7.46. The Balaban J connectivity index is 1.84. The van der Waals surface area contributed by atoms with E-state index >= 15 is 0 Å². The summed E-state index contributed by atoms with van der Waals surface area (Å²) in [5, 5.41) is 4.03. The molecule has 1 heterocycles. The van der Waals surface area contributed by atoms with Gasteiger partial charge in [0.05, 0.1) is 23.9 Å². The van der Waals surface area contributed by atoms with Crippen molar-refractivity contribution in [1.82, 2.24) is 10.3 Å². The van der Waals surface area contributed by atoms with Gasteiger partial charge in [-0.2, -0.15) is 0 Å². The van der Waals surface area contributed by atoms with E-state index in [1.165, 1.54) is 5.56 Å². The summed E-state index contributed by atoms with van der Waals surface area (Å²) in [6, 6.07) is 16.2. The van der Waals surface area contributed by atoms with Crippen LogP contribution in [0.25, 0.3) is 22.2 Å². The van der Waals surface area contributed by atoms with E-state index in [4.69, 9.17) is 9.72 Å². The summed E-state index contributed by atoms with van der Waals surface area (Å²) >= 11 is 0. The largest absolute Gasteiger partial charge is 0.497 e. The predicted octanol–water partition coefficient (Wildman–Crippen LogP) is 4.93. The number of carbonyl (C=O) groups is 1. The van der Waals surface area contributed by atoms with Gasteiger partial charge in [0.15, 0.2) is 0 Å². The topological polar surface area (TPSA) is 51.2 Å². The van der Waals surface area contributed by atoms with Gasteiger partial charge in [0.1, 0.15) is 5.75 Å². The Labute approximate surface area is 159 Å². The van der Waals surface area contributed by atoms with Gasteiger partial charge in [-0.25, -0.2) is 4.98 Å². The Kier molecular flexibility index (Phi) is 4.56. The van der Waals surface area contributed by atoms with E-state index in [1.54, 1.807) is 7.11 Å². The van der Waals surface area contributed by atoms with Crippen LogP contribution in [0, 0.1) is 0 Å². The molecule has 27 heavy (non-hydrogen) atoms. The number of pyridine rings is 1. The first-order valence-corrected chi connectivity index (χ1v) is 9.45. The second kappa shape index (κ2) is 7.03. The van der Waals surface area contributed by atoms with Crippen molar-refractivity contribution in [3.8, 4) is 17.0 Å². The molecular formula is C23H24N2O2. The third-order valence-corrected chi connectivity index (χ3v) is 5.04. The average Bonchev–Trinajstić information content (AvgIpc) is 3.50. The molecule has 0 aliphatic heterocycles. The van der Waals surface area contributed by atoms with Gasteiger partial charge in [0.2, 0.25) is 0 Å².